The summed E-state index contributed by atoms with van der Waals surface area (Å²) in [6, 6.07) is 10.3. The van der Waals surface area contributed by atoms with Gasteiger partial charge in [-0.05, 0) is 18.9 Å². The third-order valence-electron chi connectivity index (χ3n) is 2.06. The van der Waals surface area contributed by atoms with Gasteiger partial charge in [-0.25, -0.2) is 0 Å². The van der Waals surface area contributed by atoms with Crippen LogP contribution in [0.4, 0.5) is 0 Å². The van der Waals surface area contributed by atoms with E-state index < -0.39 is 0 Å². The lowest BCUT2D eigenvalue weighted by Gasteiger charge is -2.03. The zero-order chi connectivity index (χ0) is 11.8. The highest BCUT2D eigenvalue weighted by Gasteiger charge is 1.97. The molecular weight excluding hydrogens is 236 g/mol. The molecule has 0 heterocycles. The minimum Gasteiger partial charge on any atom is -0.262 e. The third kappa shape index (κ3) is 5.28. The summed E-state index contributed by atoms with van der Waals surface area (Å²) in [6.07, 6.45) is 0.943. The Hall–Kier alpha value is -0.870. The first kappa shape index (κ1) is 13.2. The summed E-state index contributed by atoms with van der Waals surface area (Å²) < 4.78 is 0.719. The van der Waals surface area contributed by atoms with Crippen molar-refractivity contribution in [3.8, 4) is 0 Å². The molecule has 16 heavy (non-hydrogen) atoms. The maximum Gasteiger partial charge on any atom is 0.154 e. The number of rotatable bonds is 4. The number of hydrazone groups is 1. The quantitative estimate of drug-likeness (QED) is 0.503. The van der Waals surface area contributed by atoms with Crippen LogP contribution in [0.3, 0.4) is 0 Å². The standard InChI is InChI=1S/C12H16N2S2/c1-3-10(2)13-14-12(15)16-9-11-7-5-4-6-8-11/h4-8H,3,9H2,1-2H3,(H,14,15). The molecule has 0 aliphatic rings. The van der Waals surface area contributed by atoms with Crippen molar-refractivity contribution in [2.24, 2.45) is 5.10 Å². The van der Waals surface area contributed by atoms with Crippen LogP contribution in [0.15, 0.2) is 35.4 Å². The second-order valence-corrected chi connectivity index (χ2v) is 5.03. The van der Waals surface area contributed by atoms with Crippen molar-refractivity contribution in [2.45, 2.75) is 26.0 Å². The summed E-state index contributed by atoms with van der Waals surface area (Å²) in [5, 5.41) is 4.16. The fourth-order valence-corrected chi connectivity index (χ4v) is 1.80. The molecule has 1 N–H and O–H groups in total. The maximum atomic E-state index is 5.16. The molecule has 0 unspecified atom stereocenters. The van der Waals surface area contributed by atoms with Crippen LogP contribution >= 0.6 is 24.0 Å². The van der Waals surface area contributed by atoms with Gasteiger partial charge in [0.1, 0.15) is 0 Å². The fraction of sp³-hybridized carbons (Fsp3) is 0.333. The van der Waals surface area contributed by atoms with E-state index in [-0.39, 0.29) is 0 Å². The molecule has 0 aliphatic carbocycles. The Kier molecular flexibility index (Phi) is 6.11. The lowest BCUT2D eigenvalue weighted by molar-refractivity contribution is 1.03. The number of nitrogens with zero attached hydrogens (tertiary/aromatic N) is 1. The van der Waals surface area contributed by atoms with Crippen LogP contribution in [0.1, 0.15) is 25.8 Å². The zero-order valence-corrected chi connectivity index (χ0v) is 11.2. The van der Waals surface area contributed by atoms with E-state index in [4.69, 9.17) is 12.2 Å². The SMILES string of the molecule is CCC(C)=NNC(=S)SCc1ccccc1. The number of hydrogen-bond donors (Lipinski definition) is 1. The summed E-state index contributed by atoms with van der Waals surface area (Å²) in [5.74, 6) is 0.882. The fourth-order valence-electron chi connectivity index (χ4n) is 0.976. The van der Waals surface area contributed by atoms with Gasteiger partial charge in [-0.3, -0.25) is 5.43 Å². The zero-order valence-electron chi connectivity index (χ0n) is 9.56. The van der Waals surface area contributed by atoms with Crippen molar-refractivity contribution < 1.29 is 0 Å². The van der Waals surface area contributed by atoms with Crippen LogP contribution in [-0.2, 0) is 5.75 Å². The summed E-state index contributed by atoms with van der Waals surface area (Å²) in [5.41, 5.74) is 5.22. The van der Waals surface area contributed by atoms with Crippen LogP contribution in [-0.4, -0.2) is 10.0 Å². The van der Waals surface area contributed by atoms with Gasteiger partial charge in [0, 0.05) is 11.5 Å². The third-order valence-corrected chi connectivity index (χ3v) is 3.34. The average molecular weight is 252 g/mol. The molecule has 1 rings (SSSR count). The highest BCUT2D eigenvalue weighted by Crippen LogP contribution is 2.12. The number of nitrogens with one attached hydrogen (secondary N) is 1. The van der Waals surface area contributed by atoms with Crippen molar-refractivity contribution in [2.75, 3.05) is 0 Å². The van der Waals surface area contributed by atoms with Crippen molar-refractivity contribution in [3.05, 3.63) is 35.9 Å². The van der Waals surface area contributed by atoms with Crippen LogP contribution in [0.2, 0.25) is 0 Å². The number of thiocarbonyl (C=S) groups is 1. The predicted molar refractivity (Wildman–Crippen MR) is 76.9 cm³/mol. The molecule has 0 fully saturated rings. The molecular formula is C12H16N2S2. The molecule has 0 amide bonds. The Morgan fingerprint density at radius 1 is 1.38 bits per heavy atom. The van der Waals surface area contributed by atoms with Crippen LogP contribution in [0.5, 0.6) is 0 Å². The smallest absolute Gasteiger partial charge is 0.154 e. The van der Waals surface area contributed by atoms with Gasteiger partial charge in [-0.1, -0.05) is 61.2 Å². The highest BCUT2D eigenvalue weighted by molar-refractivity contribution is 8.22. The highest BCUT2D eigenvalue weighted by atomic mass is 32.2. The lowest BCUT2D eigenvalue weighted by Crippen LogP contribution is -2.13. The van der Waals surface area contributed by atoms with E-state index >= 15 is 0 Å². The monoisotopic (exact) mass is 252 g/mol. The molecule has 0 aliphatic heterocycles. The largest absolute Gasteiger partial charge is 0.262 e. The summed E-state index contributed by atoms with van der Waals surface area (Å²) in [7, 11) is 0. The molecule has 1 aromatic rings. The number of thioether (sulfide) groups is 1. The minimum atomic E-state index is 0.719. The van der Waals surface area contributed by atoms with Gasteiger partial charge in [-0.2, -0.15) is 5.10 Å². The molecule has 0 atom stereocenters. The van der Waals surface area contributed by atoms with Gasteiger partial charge >= 0.3 is 0 Å². The molecule has 0 saturated carbocycles. The normalized spacial score (nSPS) is 11.2. The topological polar surface area (TPSA) is 24.4 Å². The van der Waals surface area contributed by atoms with Gasteiger partial charge in [-0.15, -0.1) is 0 Å². The molecule has 2 nitrogen and oxygen atoms in total. The van der Waals surface area contributed by atoms with E-state index in [1.54, 1.807) is 11.8 Å². The van der Waals surface area contributed by atoms with Gasteiger partial charge in [0.2, 0.25) is 0 Å². The molecule has 0 spiro atoms. The van der Waals surface area contributed by atoms with E-state index in [0.29, 0.717) is 0 Å². The Morgan fingerprint density at radius 3 is 2.69 bits per heavy atom. The van der Waals surface area contributed by atoms with Gasteiger partial charge in [0.15, 0.2) is 4.32 Å². The number of benzene rings is 1. The predicted octanol–water partition coefficient (Wildman–Crippen LogP) is 3.58. The van der Waals surface area contributed by atoms with Gasteiger partial charge in [0.25, 0.3) is 0 Å². The Bertz CT molecular complexity index is 361. The molecule has 1 aromatic carbocycles. The molecule has 4 heteroatoms. The van der Waals surface area contributed by atoms with Crippen molar-refractivity contribution in [3.63, 3.8) is 0 Å². The second kappa shape index (κ2) is 7.41. The average Bonchev–Trinajstić information content (AvgIpc) is 2.34. The molecule has 0 radical (unpaired) electrons. The van der Waals surface area contributed by atoms with E-state index in [1.165, 1.54) is 5.56 Å². The van der Waals surface area contributed by atoms with Crippen molar-refractivity contribution in [1.82, 2.24) is 5.43 Å². The summed E-state index contributed by atoms with van der Waals surface area (Å²) in [6.45, 7) is 4.05. The number of hydrogen-bond acceptors (Lipinski definition) is 3. The van der Waals surface area contributed by atoms with Gasteiger partial charge < -0.3 is 0 Å². The second-order valence-electron chi connectivity index (χ2n) is 3.37. The van der Waals surface area contributed by atoms with Crippen LogP contribution < -0.4 is 5.43 Å². The maximum absolute atomic E-state index is 5.16. The van der Waals surface area contributed by atoms with E-state index in [1.807, 2.05) is 25.1 Å². The van der Waals surface area contributed by atoms with E-state index in [9.17, 15) is 0 Å². The molecule has 0 saturated heterocycles. The van der Waals surface area contributed by atoms with Crippen molar-refractivity contribution in [1.29, 1.82) is 0 Å². The minimum absolute atomic E-state index is 0.719. The lowest BCUT2D eigenvalue weighted by atomic mass is 10.2. The summed E-state index contributed by atoms with van der Waals surface area (Å²) >= 11 is 6.76. The molecule has 86 valence electrons. The Morgan fingerprint density at radius 2 is 2.06 bits per heavy atom. The van der Waals surface area contributed by atoms with E-state index in [0.717, 1.165) is 22.2 Å². The summed E-state index contributed by atoms with van der Waals surface area (Å²) in [4.78, 5) is 0. The first-order valence-corrected chi connectivity index (χ1v) is 6.61. The Labute approximate surface area is 107 Å². The first-order chi connectivity index (χ1) is 7.72. The van der Waals surface area contributed by atoms with E-state index in [2.05, 4.69) is 29.6 Å². The van der Waals surface area contributed by atoms with Gasteiger partial charge in [0.05, 0.1) is 0 Å². The molecule has 0 bridgehead atoms. The molecule has 0 aromatic heterocycles. The van der Waals surface area contributed by atoms with Crippen LogP contribution in [0, 0.1) is 0 Å². The van der Waals surface area contributed by atoms with Crippen molar-refractivity contribution >= 4 is 34.0 Å². The first-order valence-electron chi connectivity index (χ1n) is 5.22. The Balaban J connectivity index is 2.31. The van der Waals surface area contributed by atoms with Crippen LogP contribution in [0.25, 0.3) is 0 Å².